The average Bonchev–Trinajstić information content (AvgIpc) is 2.90. The van der Waals surface area contributed by atoms with Gasteiger partial charge in [-0.1, -0.05) is 23.0 Å². The molecule has 2 aromatic rings. The summed E-state index contributed by atoms with van der Waals surface area (Å²) in [5, 5.41) is 12.4. The van der Waals surface area contributed by atoms with E-state index < -0.39 is 0 Å². The summed E-state index contributed by atoms with van der Waals surface area (Å²) in [6, 6.07) is 0.00458. The van der Waals surface area contributed by atoms with Crippen LogP contribution in [0.25, 0.3) is 0 Å². The van der Waals surface area contributed by atoms with Gasteiger partial charge < -0.3 is 5.32 Å². The van der Waals surface area contributed by atoms with Gasteiger partial charge in [-0.05, 0) is 31.4 Å². The summed E-state index contributed by atoms with van der Waals surface area (Å²) < 4.78 is 5.80. The number of nitrogens with one attached hydrogen (secondary N) is 1. The molecule has 0 aromatic carbocycles. The number of nitrogens with zero attached hydrogens (tertiary/aromatic N) is 4. The van der Waals surface area contributed by atoms with E-state index in [0.717, 1.165) is 29.2 Å². The van der Waals surface area contributed by atoms with Crippen LogP contribution in [-0.2, 0) is 7.05 Å². The first-order valence-corrected chi connectivity index (χ1v) is 7.00. The topological polar surface area (TPSA) is 55.6 Å². The zero-order valence-corrected chi connectivity index (χ0v) is 12.2. The third-order valence-electron chi connectivity index (χ3n) is 2.76. The molecule has 0 amide bonds. The van der Waals surface area contributed by atoms with Crippen molar-refractivity contribution in [3.8, 4) is 0 Å². The smallest absolute Gasteiger partial charge is 0.0892 e. The number of aryl methyl sites for hydroxylation is 2. The van der Waals surface area contributed by atoms with Gasteiger partial charge in [0.15, 0.2) is 0 Å². The van der Waals surface area contributed by atoms with E-state index in [0.29, 0.717) is 5.02 Å². The van der Waals surface area contributed by atoms with Crippen LogP contribution in [0.15, 0.2) is 6.20 Å². The van der Waals surface area contributed by atoms with Crippen molar-refractivity contribution in [2.75, 3.05) is 6.54 Å². The third-order valence-corrected chi connectivity index (χ3v) is 3.94. The molecular formula is C11H16ClN5S. The summed E-state index contributed by atoms with van der Waals surface area (Å²) in [7, 11) is 1.89. The van der Waals surface area contributed by atoms with Crippen molar-refractivity contribution in [3.05, 3.63) is 27.5 Å². The molecule has 2 rings (SSSR count). The molecule has 0 fully saturated rings. The van der Waals surface area contributed by atoms with Crippen LogP contribution in [0.5, 0.6) is 0 Å². The molecule has 18 heavy (non-hydrogen) atoms. The molecule has 1 atom stereocenters. The van der Waals surface area contributed by atoms with Crippen molar-refractivity contribution >= 4 is 23.1 Å². The fourth-order valence-electron chi connectivity index (χ4n) is 1.85. The Morgan fingerprint density at radius 2 is 2.33 bits per heavy atom. The van der Waals surface area contributed by atoms with Gasteiger partial charge >= 0.3 is 0 Å². The van der Waals surface area contributed by atoms with Gasteiger partial charge in [0.05, 0.1) is 33.5 Å². The molecule has 5 nitrogen and oxygen atoms in total. The molecule has 2 aromatic heterocycles. The van der Waals surface area contributed by atoms with E-state index in [4.69, 9.17) is 11.6 Å². The number of rotatable bonds is 5. The SMILES string of the molecule is CCCNC(c1snnc1C)c1c(Cl)cnn1C. The molecule has 0 saturated heterocycles. The standard InChI is InChI=1S/C11H16ClN5S/c1-4-5-13-9(11-7(2)15-16-18-11)10-8(12)6-14-17(10)3/h6,9,13H,4-5H2,1-3H3. The first-order valence-electron chi connectivity index (χ1n) is 5.84. The lowest BCUT2D eigenvalue weighted by atomic mass is 10.1. The van der Waals surface area contributed by atoms with E-state index in [9.17, 15) is 0 Å². The molecule has 0 spiro atoms. The van der Waals surface area contributed by atoms with E-state index in [-0.39, 0.29) is 6.04 Å². The van der Waals surface area contributed by atoms with Gasteiger partial charge in [-0.25, -0.2) is 0 Å². The number of hydrogen-bond acceptors (Lipinski definition) is 5. The van der Waals surface area contributed by atoms with Crippen molar-refractivity contribution in [2.45, 2.75) is 26.3 Å². The van der Waals surface area contributed by atoms with E-state index in [1.54, 1.807) is 10.9 Å². The molecule has 7 heteroatoms. The van der Waals surface area contributed by atoms with E-state index in [1.807, 2.05) is 14.0 Å². The monoisotopic (exact) mass is 285 g/mol. The van der Waals surface area contributed by atoms with E-state index in [1.165, 1.54) is 11.5 Å². The van der Waals surface area contributed by atoms with Gasteiger partial charge in [0, 0.05) is 7.05 Å². The summed E-state index contributed by atoms with van der Waals surface area (Å²) in [6.07, 6.45) is 2.72. The predicted molar refractivity (Wildman–Crippen MR) is 73.0 cm³/mol. The van der Waals surface area contributed by atoms with Gasteiger partial charge in [-0.15, -0.1) is 5.10 Å². The lowest BCUT2D eigenvalue weighted by Gasteiger charge is -2.18. The first-order chi connectivity index (χ1) is 8.65. The van der Waals surface area contributed by atoms with Crippen LogP contribution in [0.3, 0.4) is 0 Å². The second-order valence-corrected chi connectivity index (χ2v) is 5.30. The largest absolute Gasteiger partial charge is 0.304 e. The molecule has 1 unspecified atom stereocenters. The highest BCUT2D eigenvalue weighted by atomic mass is 35.5. The second kappa shape index (κ2) is 5.77. The maximum absolute atomic E-state index is 6.23. The Hall–Kier alpha value is -0.980. The Labute approximate surface area is 115 Å². The van der Waals surface area contributed by atoms with Crippen LogP contribution in [0.2, 0.25) is 5.02 Å². The molecule has 0 radical (unpaired) electrons. The minimum Gasteiger partial charge on any atom is -0.304 e. The second-order valence-electron chi connectivity index (χ2n) is 4.11. The third kappa shape index (κ3) is 2.55. The summed E-state index contributed by atoms with van der Waals surface area (Å²) >= 11 is 7.63. The Morgan fingerprint density at radius 3 is 2.83 bits per heavy atom. The van der Waals surface area contributed by atoms with Crippen molar-refractivity contribution < 1.29 is 0 Å². The van der Waals surface area contributed by atoms with Gasteiger partial charge in [0.25, 0.3) is 0 Å². The lowest BCUT2D eigenvalue weighted by molar-refractivity contribution is 0.557. The van der Waals surface area contributed by atoms with Crippen LogP contribution in [0.1, 0.15) is 35.7 Å². The predicted octanol–water partition coefficient (Wildman–Crippen LogP) is 2.32. The average molecular weight is 286 g/mol. The molecule has 0 saturated carbocycles. The van der Waals surface area contributed by atoms with Crippen LogP contribution in [0, 0.1) is 6.92 Å². The maximum Gasteiger partial charge on any atom is 0.0892 e. The zero-order valence-electron chi connectivity index (χ0n) is 10.6. The lowest BCUT2D eigenvalue weighted by Crippen LogP contribution is -2.25. The normalized spacial score (nSPS) is 12.9. The Kier molecular flexibility index (Phi) is 4.31. The summed E-state index contributed by atoms with van der Waals surface area (Å²) in [6.45, 7) is 5.00. The molecule has 0 aliphatic rings. The Bertz CT molecular complexity index is 502. The summed E-state index contributed by atoms with van der Waals surface area (Å²) in [5.74, 6) is 0. The first kappa shape index (κ1) is 13.5. The zero-order chi connectivity index (χ0) is 13.1. The number of halogens is 1. The molecule has 98 valence electrons. The minimum atomic E-state index is 0.00458. The van der Waals surface area contributed by atoms with Gasteiger partial charge in [0.2, 0.25) is 0 Å². The van der Waals surface area contributed by atoms with Crippen LogP contribution < -0.4 is 5.32 Å². The Balaban J connectivity index is 2.40. The van der Waals surface area contributed by atoms with Gasteiger partial charge in [-0.3, -0.25) is 4.68 Å². The Morgan fingerprint density at radius 1 is 1.56 bits per heavy atom. The van der Waals surface area contributed by atoms with E-state index >= 15 is 0 Å². The highest BCUT2D eigenvalue weighted by Crippen LogP contribution is 2.30. The summed E-state index contributed by atoms with van der Waals surface area (Å²) in [4.78, 5) is 1.09. The maximum atomic E-state index is 6.23. The van der Waals surface area contributed by atoms with Crippen molar-refractivity contribution in [1.82, 2.24) is 24.7 Å². The van der Waals surface area contributed by atoms with Gasteiger partial charge in [0.1, 0.15) is 0 Å². The van der Waals surface area contributed by atoms with E-state index in [2.05, 4.69) is 26.9 Å². The molecule has 0 aliphatic carbocycles. The summed E-state index contributed by atoms with van der Waals surface area (Å²) in [5.41, 5.74) is 1.89. The molecule has 1 N–H and O–H groups in total. The minimum absolute atomic E-state index is 0.00458. The molecular weight excluding hydrogens is 270 g/mol. The van der Waals surface area contributed by atoms with Crippen LogP contribution in [0.4, 0.5) is 0 Å². The quantitative estimate of drug-likeness (QED) is 0.916. The van der Waals surface area contributed by atoms with Gasteiger partial charge in [-0.2, -0.15) is 5.10 Å². The highest BCUT2D eigenvalue weighted by Gasteiger charge is 2.24. The fourth-order valence-corrected chi connectivity index (χ4v) is 2.85. The number of hydrogen-bond donors (Lipinski definition) is 1. The van der Waals surface area contributed by atoms with Crippen molar-refractivity contribution in [1.29, 1.82) is 0 Å². The molecule has 0 aliphatic heterocycles. The molecule has 2 heterocycles. The van der Waals surface area contributed by atoms with Crippen molar-refractivity contribution in [2.24, 2.45) is 7.05 Å². The van der Waals surface area contributed by atoms with Crippen LogP contribution in [-0.4, -0.2) is 25.9 Å². The number of aromatic nitrogens is 4. The van der Waals surface area contributed by atoms with Crippen LogP contribution >= 0.6 is 23.1 Å². The highest BCUT2D eigenvalue weighted by molar-refractivity contribution is 7.05. The fraction of sp³-hybridized carbons (Fsp3) is 0.545. The molecule has 0 bridgehead atoms. The van der Waals surface area contributed by atoms with Crippen molar-refractivity contribution in [3.63, 3.8) is 0 Å².